The Labute approximate surface area is 92.2 Å². The van der Waals surface area contributed by atoms with E-state index in [9.17, 15) is 10.2 Å². The minimum absolute atomic E-state index is 0.113. The van der Waals surface area contributed by atoms with Crippen molar-refractivity contribution in [1.29, 1.82) is 0 Å². The highest BCUT2D eigenvalue weighted by Gasteiger charge is 2.15. The number of ether oxygens (including phenoxy) is 2. The Morgan fingerprint density at radius 1 is 1.07 bits per heavy atom. The van der Waals surface area contributed by atoms with Crippen LogP contribution in [0.2, 0.25) is 0 Å². The van der Waals surface area contributed by atoms with Crippen LogP contribution >= 0.6 is 0 Å². The summed E-state index contributed by atoms with van der Waals surface area (Å²) in [5, 5.41) is 18.7. The molecule has 15 heavy (non-hydrogen) atoms. The summed E-state index contributed by atoms with van der Waals surface area (Å²) in [6.45, 7) is 6.48. The highest BCUT2D eigenvalue weighted by molar-refractivity contribution is 4.64. The lowest BCUT2D eigenvalue weighted by atomic mass is 10.2. The third kappa shape index (κ3) is 7.73. The van der Waals surface area contributed by atoms with Crippen LogP contribution in [0.1, 0.15) is 40.0 Å². The molecule has 0 aliphatic heterocycles. The molecule has 0 amide bonds. The van der Waals surface area contributed by atoms with Crippen LogP contribution in [0, 0.1) is 0 Å². The van der Waals surface area contributed by atoms with Gasteiger partial charge >= 0.3 is 0 Å². The molecule has 0 saturated heterocycles. The van der Waals surface area contributed by atoms with Gasteiger partial charge in [0.15, 0.2) is 6.29 Å². The van der Waals surface area contributed by atoms with Crippen LogP contribution in [-0.4, -0.2) is 41.9 Å². The SMILES string of the molecule is CCCCOC(C)OC[C@H](O)C(O)CC. The third-order valence-corrected chi connectivity index (χ3v) is 2.21. The van der Waals surface area contributed by atoms with Gasteiger partial charge in [-0.15, -0.1) is 0 Å². The number of hydrogen-bond donors (Lipinski definition) is 2. The summed E-state index contributed by atoms with van der Waals surface area (Å²) in [7, 11) is 0. The molecule has 0 aliphatic rings. The first-order valence-electron chi connectivity index (χ1n) is 5.71. The highest BCUT2D eigenvalue weighted by Crippen LogP contribution is 2.02. The van der Waals surface area contributed by atoms with E-state index >= 15 is 0 Å². The molecule has 0 heterocycles. The zero-order valence-corrected chi connectivity index (χ0v) is 9.98. The van der Waals surface area contributed by atoms with Crippen LogP contribution in [0.4, 0.5) is 0 Å². The predicted octanol–water partition coefficient (Wildman–Crippen LogP) is 1.30. The van der Waals surface area contributed by atoms with Crippen LogP contribution in [0.25, 0.3) is 0 Å². The molecule has 2 unspecified atom stereocenters. The normalized spacial score (nSPS) is 17.4. The Morgan fingerprint density at radius 3 is 2.27 bits per heavy atom. The Morgan fingerprint density at radius 2 is 1.73 bits per heavy atom. The first-order valence-corrected chi connectivity index (χ1v) is 5.71. The maximum atomic E-state index is 9.41. The van der Waals surface area contributed by atoms with E-state index in [-0.39, 0.29) is 12.9 Å². The van der Waals surface area contributed by atoms with Crippen molar-refractivity contribution < 1.29 is 19.7 Å². The average molecular weight is 220 g/mol. The maximum Gasteiger partial charge on any atom is 0.154 e. The summed E-state index contributed by atoms with van der Waals surface area (Å²) >= 11 is 0. The van der Waals surface area contributed by atoms with Crippen molar-refractivity contribution in [2.45, 2.75) is 58.5 Å². The molecule has 2 N–H and O–H groups in total. The lowest BCUT2D eigenvalue weighted by Crippen LogP contribution is -2.32. The van der Waals surface area contributed by atoms with Crippen molar-refractivity contribution in [2.24, 2.45) is 0 Å². The molecule has 0 bridgehead atoms. The zero-order chi connectivity index (χ0) is 11.7. The maximum absolute atomic E-state index is 9.41. The topological polar surface area (TPSA) is 58.9 Å². The second kappa shape index (κ2) is 9.09. The molecule has 4 heteroatoms. The molecule has 0 aromatic rings. The standard InChI is InChI=1S/C11H24O4/c1-4-6-7-14-9(3)15-8-11(13)10(12)5-2/h9-13H,4-8H2,1-3H3/t9?,10?,11-/m0/s1. The summed E-state index contributed by atoms with van der Waals surface area (Å²) < 4.78 is 10.6. The van der Waals surface area contributed by atoms with Gasteiger partial charge in [0, 0.05) is 6.61 Å². The average Bonchev–Trinajstić information content (AvgIpc) is 2.25. The summed E-state index contributed by atoms with van der Waals surface area (Å²) in [5.41, 5.74) is 0. The van der Waals surface area contributed by atoms with E-state index in [4.69, 9.17) is 9.47 Å². The van der Waals surface area contributed by atoms with E-state index in [1.807, 2.05) is 6.92 Å². The Kier molecular flexibility index (Phi) is 9.00. The largest absolute Gasteiger partial charge is 0.390 e. The second-order valence-electron chi connectivity index (χ2n) is 3.67. The molecule has 0 aliphatic carbocycles. The van der Waals surface area contributed by atoms with Gasteiger partial charge in [-0.3, -0.25) is 0 Å². The third-order valence-electron chi connectivity index (χ3n) is 2.21. The van der Waals surface area contributed by atoms with Crippen molar-refractivity contribution in [2.75, 3.05) is 13.2 Å². The number of aliphatic hydroxyl groups is 2. The molecule has 0 aromatic carbocycles. The fourth-order valence-electron chi connectivity index (χ4n) is 1.06. The fourth-order valence-corrected chi connectivity index (χ4v) is 1.06. The number of rotatable bonds is 9. The summed E-state index contributed by atoms with van der Waals surface area (Å²) in [6.07, 6.45) is 0.753. The number of hydrogen-bond acceptors (Lipinski definition) is 4. The van der Waals surface area contributed by atoms with E-state index < -0.39 is 12.2 Å². The lowest BCUT2D eigenvalue weighted by molar-refractivity contribution is -0.157. The summed E-state index contributed by atoms with van der Waals surface area (Å²) in [5.74, 6) is 0. The highest BCUT2D eigenvalue weighted by atomic mass is 16.7. The van der Waals surface area contributed by atoms with Crippen LogP contribution in [0.5, 0.6) is 0 Å². The lowest BCUT2D eigenvalue weighted by Gasteiger charge is -2.19. The van der Waals surface area contributed by atoms with Gasteiger partial charge in [-0.2, -0.15) is 0 Å². The minimum atomic E-state index is -0.827. The van der Waals surface area contributed by atoms with Crippen molar-refractivity contribution >= 4 is 0 Å². The molecule has 92 valence electrons. The van der Waals surface area contributed by atoms with Gasteiger partial charge < -0.3 is 19.7 Å². The first-order chi connectivity index (χ1) is 7.11. The molecule has 0 aromatic heterocycles. The molecule has 0 saturated carbocycles. The molecule has 0 fully saturated rings. The first kappa shape index (κ1) is 14.8. The van der Waals surface area contributed by atoms with Gasteiger partial charge in [-0.25, -0.2) is 0 Å². The van der Waals surface area contributed by atoms with Crippen molar-refractivity contribution in [1.82, 2.24) is 0 Å². The van der Waals surface area contributed by atoms with Crippen molar-refractivity contribution in [3.8, 4) is 0 Å². The van der Waals surface area contributed by atoms with Gasteiger partial charge in [0.25, 0.3) is 0 Å². The zero-order valence-electron chi connectivity index (χ0n) is 9.98. The van der Waals surface area contributed by atoms with E-state index in [1.54, 1.807) is 6.92 Å². The van der Waals surface area contributed by atoms with Crippen LogP contribution in [-0.2, 0) is 9.47 Å². The Balaban J connectivity index is 3.48. The molecular weight excluding hydrogens is 196 g/mol. The van der Waals surface area contributed by atoms with Gasteiger partial charge in [-0.05, 0) is 19.8 Å². The Bertz CT molecular complexity index is 141. The quantitative estimate of drug-likeness (QED) is 0.454. The number of unbranched alkanes of at least 4 members (excludes halogenated alkanes) is 1. The second-order valence-corrected chi connectivity index (χ2v) is 3.67. The minimum Gasteiger partial charge on any atom is -0.390 e. The number of aliphatic hydroxyl groups excluding tert-OH is 2. The monoisotopic (exact) mass is 220 g/mol. The molecule has 0 spiro atoms. The van der Waals surface area contributed by atoms with Crippen molar-refractivity contribution in [3.05, 3.63) is 0 Å². The van der Waals surface area contributed by atoms with E-state index in [0.29, 0.717) is 13.0 Å². The van der Waals surface area contributed by atoms with Crippen LogP contribution < -0.4 is 0 Å². The van der Waals surface area contributed by atoms with E-state index in [1.165, 1.54) is 0 Å². The molecule has 4 nitrogen and oxygen atoms in total. The van der Waals surface area contributed by atoms with E-state index in [0.717, 1.165) is 12.8 Å². The molecule has 0 rings (SSSR count). The molecular formula is C11H24O4. The van der Waals surface area contributed by atoms with Gasteiger partial charge in [0.1, 0.15) is 6.10 Å². The summed E-state index contributed by atoms with van der Waals surface area (Å²) in [4.78, 5) is 0. The van der Waals surface area contributed by atoms with Crippen LogP contribution in [0.3, 0.4) is 0 Å². The van der Waals surface area contributed by atoms with Gasteiger partial charge in [0.2, 0.25) is 0 Å². The predicted molar refractivity (Wildman–Crippen MR) is 58.6 cm³/mol. The molecule has 3 atom stereocenters. The van der Waals surface area contributed by atoms with Gasteiger partial charge in [-0.1, -0.05) is 20.3 Å². The van der Waals surface area contributed by atoms with Crippen LogP contribution in [0.15, 0.2) is 0 Å². The van der Waals surface area contributed by atoms with E-state index in [2.05, 4.69) is 6.92 Å². The van der Waals surface area contributed by atoms with Crippen molar-refractivity contribution in [3.63, 3.8) is 0 Å². The smallest absolute Gasteiger partial charge is 0.154 e. The fraction of sp³-hybridized carbons (Fsp3) is 1.00. The van der Waals surface area contributed by atoms with Gasteiger partial charge in [0.05, 0.1) is 12.7 Å². The Hall–Kier alpha value is -0.160. The molecule has 0 radical (unpaired) electrons. The summed E-state index contributed by atoms with van der Waals surface area (Å²) in [6, 6.07) is 0.